The lowest BCUT2D eigenvalue weighted by molar-refractivity contribution is 0.161. The summed E-state index contributed by atoms with van der Waals surface area (Å²) in [6.07, 6.45) is 0.229. The number of rotatable bonds is 4. The molecule has 0 spiro atoms. The fraction of sp³-hybridized carbons (Fsp3) is 0.500. The molecule has 0 saturated carbocycles. The van der Waals surface area contributed by atoms with Crippen molar-refractivity contribution >= 4 is 21.6 Å². The van der Waals surface area contributed by atoms with E-state index >= 15 is 0 Å². The van der Waals surface area contributed by atoms with Crippen LogP contribution in [0.3, 0.4) is 0 Å². The highest BCUT2D eigenvalue weighted by Crippen LogP contribution is 2.22. The highest BCUT2D eigenvalue weighted by Gasteiger charge is 2.14. The number of thiazole rings is 1. The number of nitrogens with zero attached hydrogens (tertiary/aromatic N) is 1. The second kappa shape index (κ2) is 5.34. The van der Waals surface area contributed by atoms with Crippen LogP contribution in [0, 0.1) is 0 Å². The van der Waals surface area contributed by atoms with E-state index < -0.39 is 0 Å². The van der Waals surface area contributed by atoms with Crippen molar-refractivity contribution in [2.24, 2.45) is 0 Å². The summed E-state index contributed by atoms with van der Waals surface area (Å²) in [7, 11) is 0. The van der Waals surface area contributed by atoms with Crippen LogP contribution in [0.5, 0.6) is 0 Å². The minimum Gasteiger partial charge on any atom is -0.391 e. The van der Waals surface area contributed by atoms with Gasteiger partial charge in [-0.05, 0) is 32.9 Å². The molecule has 2 rings (SSSR count). The summed E-state index contributed by atoms with van der Waals surface area (Å²) in [5.41, 5.74) is 1.06. The lowest BCUT2D eigenvalue weighted by atomic mass is 10.1. The maximum absolute atomic E-state index is 10.00. The molecule has 1 unspecified atom stereocenters. The van der Waals surface area contributed by atoms with Gasteiger partial charge in [0.05, 0.1) is 21.3 Å². The number of aliphatic hydroxyl groups is 1. The molecule has 0 saturated heterocycles. The van der Waals surface area contributed by atoms with E-state index in [1.165, 1.54) is 4.70 Å². The van der Waals surface area contributed by atoms with E-state index in [1.807, 2.05) is 18.2 Å². The number of hydrogen-bond acceptors (Lipinski definition) is 4. The van der Waals surface area contributed by atoms with Crippen LogP contribution < -0.4 is 5.32 Å². The molecule has 0 bridgehead atoms. The molecular formula is C14H20N2OS. The molecule has 0 aliphatic rings. The van der Waals surface area contributed by atoms with Crippen molar-refractivity contribution in [3.05, 3.63) is 29.3 Å². The molecule has 4 heteroatoms. The Labute approximate surface area is 112 Å². The number of fused-ring (bicyclic) bond motifs is 1. The van der Waals surface area contributed by atoms with Gasteiger partial charge in [-0.15, -0.1) is 11.3 Å². The number of nitrogens with one attached hydrogen (secondary N) is 1. The lowest BCUT2D eigenvalue weighted by Gasteiger charge is -2.22. The first-order chi connectivity index (χ1) is 8.44. The van der Waals surface area contributed by atoms with Crippen LogP contribution in [-0.2, 0) is 6.42 Å². The molecule has 1 aromatic carbocycles. The first-order valence-electron chi connectivity index (χ1n) is 6.21. The monoisotopic (exact) mass is 264 g/mol. The first-order valence-corrected chi connectivity index (χ1v) is 7.03. The molecule has 98 valence electrons. The zero-order chi connectivity index (χ0) is 13.2. The van der Waals surface area contributed by atoms with Gasteiger partial charge in [-0.3, -0.25) is 0 Å². The predicted octanol–water partition coefficient (Wildman–Crippen LogP) is 2.59. The van der Waals surface area contributed by atoms with Crippen molar-refractivity contribution in [3.8, 4) is 0 Å². The SMILES string of the molecule is CC(C)(C)NCC(O)Cc1nc2ccccc2s1. The Hall–Kier alpha value is -0.970. The van der Waals surface area contributed by atoms with Crippen molar-refractivity contribution < 1.29 is 5.11 Å². The highest BCUT2D eigenvalue weighted by molar-refractivity contribution is 7.18. The first kappa shape index (κ1) is 13.5. The molecule has 1 aromatic heterocycles. The fourth-order valence-corrected chi connectivity index (χ4v) is 2.74. The van der Waals surface area contributed by atoms with Gasteiger partial charge < -0.3 is 10.4 Å². The van der Waals surface area contributed by atoms with Gasteiger partial charge in [0.2, 0.25) is 0 Å². The second-order valence-corrected chi connectivity index (χ2v) is 6.68. The number of benzene rings is 1. The van der Waals surface area contributed by atoms with Gasteiger partial charge in [0.15, 0.2) is 0 Å². The quantitative estimate of drug-likeness (QED) is 0.892. The van der Waals surface area contributed by atoms with Crippen molar-refractivity contribution in [2.75, 3.05) is 6.54 Å². The molecule has 0 radical (unpaired) electrons. The van der Waals surface area contributed by atoms with Gasteiger partial charge in [-0.1, -0.05) is 12.1 Å². The molecule has 0 amide bonds. The molecule has 18 heavy (non-hydrogen) atoms. The molecule has 0 aliphatic heterocycles. The summed E-state index contributed by atoms with van der Waals surface area (Å²) in [5, 5.41) is 14.3. The Morgan fingerprint density at radius 2 is 2.06 bits per heavy atom. The van der Waals surface area contributed by atoms with Crippen LogP contribution >= 0.6 is 11.3 Å². The summed E-state index contributed by atoms with van der Waals surface area (Å²) in [4.78, 5) is 4.53. The van der Waals surface area contributed by atoms with Gasteiger partial charge in [0.25, 0.3) is 0 Å². The molecule has 2 aromatic rings. The van der Waals surface area contributed by atoms with Gasteiger partial charge in [0, 0.05) is 18.5 Å². The third kappa shape index (κ3) is 3.77. The van der Waals surface area contributed by atoms with Crippen LogP contribution in [0.4, 0.5) is 0 Å². The lowest BCUT2D eigenvalue weighted by Crippen LogP contribution is -2.41. The van der Waals surface area contributed by atoms with Crippen LogP contribution in [0.25, 0.3) is 10.2 Å². The summed E-state index contributed by atoms with van der Waals surface area (Å²) < 4.78 is 1.18. The highest BCUT2D eigenvalue weighted by atomic mass is 32.1. The average molecular weight is 264 g/mol. The molecule has 0 aliphatic carbocycles. The minimum absolute atomic E-state index is 0.0363. The molecule has 3 nitrogen and oxygen atoms in total. The van der Waals surface area contributed by atoms with Gasteiger partial charge >= 0.3 is 0 Å². The molecule has 2 N–H and O–H groups in total. The Balaban J connectivity index is 1.96. The molecule has 1 atom stereocenters. The predicted molar refractivity (Wildman–Crippen MR) is 77.1 cm³/mol. The second-order valence-electron chi connectivity index (χ2n) is 5.56. The minimum atomic E-state index is -0.384. The maximum Gasteiger partial charge on any atom is 0.0964 e. The van der Waals surface area contributed by atoms with Crippen molar-refractivity contribution in [1.29, 1.82) is 0 Å². The third-order valence-corrected chi connectivity index (χ3v) is 3.68. The van der Waals surface area contributed by atoms with Crippen LogP contribution in [0.1, 0.15) is 25.8 Å². The number of β-amino-alcohol motifs (C(OH)–C–C–N with tert-alkyl or cyclic N) is 1. The summed E-state index contributed by atoms with van der Waals surface area (Å²) in [6, 6.07) is 8.08. The third-order valence-electron chi connectivity index (χ3n) is 2.62. The van der Waals surface area contributed by atoms with E-state index in [9.17, 15) is 5.11 Å². The average Bonchev–Trinajstić information content (AvgIpc) is 2.67. The Morgan fingerprint density at radius 3 is 2.72 bits per heavy atom. The standard InChI is InChI=1S/C14H20N2OS/c1-14(2,3)15-9-10(17)8-13-16-11-6-4-5-7-12(11)18-13/h4-7,10,15,17H,8-9H2,1-3H3. The number of aliphatic hydroxyl groups excluding tert-OH is 1. The summed E-state index contributed by atoms with van der Waals surface area (Å²) in [5.74, 6) is 0. The van der Waals surface area contributed by atoms with Gasteiger partial charge in [0.1, 0.15) is 0 Å². The normalized spacial score (nSPS) is 14.0. The Morgan fingerprint density at radius 1 is 1.33 bits per heavy atom. The van der Waals surface area contributed by atoms with E-state index in [0.29, 0.717) is 13.0 Å². The van der Waals surface area contributed by atoms with E-state index in [0.717, 1.165) is 10.5 Å². The Bertz CT molecular complexity index is 483. The fourth-order valence-electron chi connectivity index (χ4n) is 1.70. The van der Waals surface area contributed by atoms with Gasteiger partial charge in [-0.25, -0.2) is 4.98 Å². The van der Waals surface area contributed by atoms with Crippen molar-refractivity contribution in [1.82, 2.24) is 10.3 Å². The molecule has 0 fully saturated rings. The zero-order valence-corrected chi connectivity index (χ0v) is 11.9. The van der Waals surface area contributed by atoms with E-state index in [1.54, 1.807) is 11.3 Å². The molecule has 1 heterocycles. The van der Waals surface area contributed by atoms with Crippen molar-refractivity contribution in [3.63, 3.8) is 0 Å². The van der Waals surface area contributed by atoms with Crippen LogP contribution in [0.15, 0.2) is 24.3 Å². The smallest absolute Gasteiger partial charge is 0.0964 e. The molecular weight excluding hydrogens is 244 g/mol. The maximum atomic E-state index is 10.00. The topological polar surface area (TPSA) is 45.1 Å². The Kier molecular flexibility index (Phi) is 4.00. The number of aromatic nitrogens is 1. The summed E-state index contributed by atoms with van der Waals surface area (Å²) >= 11 is 1.66. The van der Waals surface area contributed by atoms with Crippen LogP contribution in [-0.4, -0.2) is 28.3 Å². The summed E-state index contributed by atoms with van der Waals surface area (Å²) in [6.45, 7) is 6.88. The van der Waals surface area contributed by atoms with E-state index in [2.05, 4.69) is 37.1 Å². The van der Waals surface area contributed by atoms with E-state index in [-0.39, 0.29) is 11.6 Å². The zero-order valence-electron chi connectivity index (χ0n) is 11.1. The van der Waals surface area contributed by atoms with Crippen LogP contribution in [0.2, 0.25) is 0 Å². The number of para-hydroxylation sites is 1. The van der Waals surface area contributed by atoms with Crippen molar-refractivity contribution in [2.45, 2.75) is 38.8 Å². The van der Waals surface area contributed by atoms with Gasteiger partial charge in [-0.2, -0.15) is 0 Å². The van der Waals surface area contributed by atoms with E-state index in [4.69, 9.17) is 0 Å². The number of hydrogen-bond donors (Lipinski definition) is 2. The largest absolute Gasteiger partial charge is 0.391 e.